The molecule has 0 N–H and O–H groups in total. The van der Waals surface area contributed by atoms with E-state index in [-0.39, 0.29) is 10.9 Å². The summed E-state index contributed by atoms with van der Waals surface area (Å²) >= 11 is 14.7. The van der Waals surface area contributed by atoms with E-state index in [2.05, 4.69) is 44.8 Å². The third-order valence-electron chi connectivity index (χ3n) is 2.53. The molecule has 84 valence electrons. The van der Waals surface area contributed by atoms with Crippen LogP contribution in [0.5, 0.6) is 0 Å². The fraction of sp³-hybridized carbons (Fsp3) is 0.600. The number of rotatable bonds is 2. The van der Waals surface area contributed by atoms with Gasteiger partial charge >= 0.3 is 0 Å². The summed E-state index contributed by atoms with van der Waals surface area (Å²) < 4.78 is 7.61. The second-order valence-corrected chi connectivity index (χ2v) is 7.26. The summed E-state index contributed by atoms with van der Waals surface area (Å²) in [5.74, 6) is 0. The molecule has 3 atom stereocenters. The first-order valence-corrected chi connectivity index (χ1v) is 7.72. The van der Waals surface area contributed by atoms with Crippen molar-refractivity contribution in [2.24, 2.45) is 0 Å². The highest BCUT2D eigenvalue weighted by Gasteiger charge is 2.30. The number of thiophene rings is 1. The third-order valence-corrected chi connectivity index (χ3v) is 6.47. The van der Waals surface area contributed by atoms with E-state index in [0.717, 1.165) is 21.7 Å². The van der Waals surface area contributed by atoms with E-state index < -0.39 is 0 Å². The topological polar surface area (TPSA) is 9.23 Å². The van der Waals surface area contributed by atoms with Gasteiger partial charge in [0.15, 0.2) is 0 Å². The van der Waals surface area contributed by atoms with Crippen molar-refractivity contribution < 1.29 is 4.74 Å². The van der Waals surface area contributed by atoms with Gasteiger partial charge in [-0.2, -0.15) is 0 Å². The van der Waals surface area contributed by atoms with Crippen LogP contribution >= 0.6 is 54.8 Å². The van der Waals surface area contributed by atoms with Crippen LogP contribution in [0.25, 0.3) is 0 Å². The zero-order valence-corrected chi connectivity index (χ0v) is 12.9. The van der Waals surface area contributed by atoms with E-state index in [1.165, 1.54) is 4.88 Å². The summed E-state index contributed by atoms with van der Waals surface area (Å²) in [6.45, 7) is 2.12. The van der Waals surface area contributed by atoms with Crippen LogP contribution in [0.4, 0.5) is 0 Å². The van der Waals surface area contributed by atoms with Crippen LogP contribution in [0, 0.1) is 0 Å². The van der Waals surface area contributed by atoms with Crippen molar-refractivity contribution in [2.75, 3.05) is 0 Å². The third kappa shape index (κ3) is 2.78. The second-order valence-electron chi connectivity index (χ2n) is 3.73. The summed E-state index contributed by atoms with van der Waals surface area (Å²) in [6, 6.07) is 2.07. The van der Waals surface area contributed by atoms with Crippen LogP contribution in [-0.4, -0.2) is 12.2 Å². The molecule has 0 amide bonds. The lowest BCUT2D eigenvalue weighted by atomic mass is 10.1. The molecular weight excluding hydrogens is 363 g/mol. The zero-order chi connectivity index (χ0) is 11.0. The molecule has 0 radical (unpaired) electrons. The van der Waals surface area contributed by atoms with Gasteiger partial charge in [-0.25, -0.2) is 0 Å². The van der Waals surface area contributed by atoms with Gasteiger partial charge in [-0.15, -0.1) is 11.3 Å². The minimum Gasteiger partial charge on any atom is -0.374 e. The average molecular weight is 375 g/mol. The summed E-state index contributed by atoms with van der Waals surface area (Å²) in [5.41, 5.74) is 0. The largest absolute Gasteiger partial charge is 0.374 e. The van der Waals surface area contributed by atoms with Gasteiger partial charge in [-0.3, -0.25) is 0 Å². The lowest BCUT2D eigenvalue weighted by molar-refractivity contribution is 0.0561. The molecule has 1 saturated heterocycles. The van der Waals surface area contributed by atoms with Crippen LogP contribution in [0.1, 0.15) is 29.5 Å². The van der Waals surface area contributed by atoms with Crippen molar-refractivity contribution in [2.45, 2.75) is 36.8 Å². The molecule has 0 spiro atoms. The number of halogens is 3. The lowest BCUT2D eigenvalue weighted by Gasteiger charge is -2.16. The van der Waals surface area contributed by atoms with Crippen LogP contribution in [0.15, 0.2) is 10.5 Å². The fourth-order valence-corrected chi connectivity index (χ4v) is 4.30. The molecule has 1 aromatic heterocycles. The molecular formula is C10H11Br2ClOS. The Morgan fingerprint density at radius 3 is 2.80 bits per heavy atom. The first-order chi connectivity index (χ1) is 7.08. The Balaban J connectivity index is 2.10. The summed E-state index contributed by atoms with van der Waals surface area (Å²) in [4.78, 5) is 1.49. The highest BCUT2D eigenvalue weighted by atomic mass is 79.9. The van der Waals surface area contributed by atoms with Gasteiger partial charge in [-0.1, -0.05) is 27.5 Å². The molecule has 0 aromatic carbocycles. The van der Waals surface area contributed by atoms with Crippen molar-refractivity contribution in [3.05, 3.63) is 19.8 Å². The maximum Gasteiger partial charge on any atom is 0.107 e. The monoisotopic (exact) mass is 372 g/mol. The van der Waals surface area contributed by atoms with Gasteiger partial charge in [0.05, 0.1) is 17.0 Å². The smallest absolute Gasteiger partial charge is 0.107 e. The molecule has 0 saturated carbocycles. The first kappa shape index (κ1) is 12.4. The van der Waals surface area contributed by atoms with Crippen molar-refractivity contribution in [1.29, 1.82) is 0 Å². The van der Waals surface area contributed by atoms with Crippen molar-refractivity contribution in [3.8, 4) is 0 Å². The fourth-order valence-electron chi connectivity index (χ4n) is 1.73. The minimum absolute atomic E-state index is 0.260. The molecule has 3 unspecified atom stereocenters. The second kappa shape index (κ2) is 5.05. The Morgan fingerprint density at radius 1 is 1.60 bits per heavy atom. The van der Waals surface area contributed by atoms with E-state index in [0.29, 0.717) is 6.10 Å². The van der Waals surface area contributed by atoms with E-state index in [1.807, 2.05) is 0 Å². The quantitative estimate of drug-likeness (QED) is 0.649. The number of hydrogen-bond acceptors (Lipinski definition) is 2. The van der Waals surface area contributed by atoms with Gasteiger partial charge in [0.2, 0.25) is 0 Å². The van der Waals surface area contributed by atoms with Crippen LogP contribution in [0.2, 0.25) is 4.34 Å². The Bertz CT molecular complexity index is 336. The van der Waals surface area contributed by atoms with Gasteiger partial charge in [0.25, 0.3) is 0 Å². The number of alkyl halides is 1. The molecule has 1 fully saturated rings. The predicted octanol–water partition coefficient (Wildman–Crippen LogP) is 5.17. The SMILES string of the molecule is CC1CCC(C(Br)c2cc(Br)c(Cl)s2)O1. The predicted molar refractivity (Wildman–Crippen MR) is 72.3 cm³/mol. The Labute approximate surface area is 115 Å². The standard InChI is InChI=1S/C10H11Br2ClOS/c1-5-2-3-7(14-5)9(12)8-4-6(11)10(13)15-8/h4-5,7,9H,2-3H2,1H3. The molecule has 1 aromatic rings. The normalized spacial score (nSPS) is 28.3. The summed E-state index contributed by atoms with van der Waals surface area (Å²) in [6.07, 6.45) is 2.92. The molecule has 2 rings (SSSR count). The summed E-state index contributed by atoms with van der Waals surface area (Å²) in [5, 5.41) is 0. The lowest BCUT2D eigenvalue weighted by Crippen LogP contribution is -2.13. The molecule has 1 aliphatic rings. The minimum atomic E-state index is 0.260. The van der Waals surface area contributed by atoms with Crippen LogP contribution in [0.3, 0.4) is 0 Å². The molecule has 1 aliphatic heterocycles. The highest BCUT2D eigenvalue weighted by molar-refractivity contribution is 9.10. The van der Waals surface area contributed by atoms with E-state index in [9.17, 15) is 0 Å². The number of hydrogen-bond donors (Lipinski definition) is 0. The summed E-state index contributed by atoms with van der Waals surface area (Å²) in [7, 11) is 0. The molecule has 5 heteroatoms. The maximum absolute atomic E-state index is 6.02. The van der Waals surface area contributed by atoms with Crippen LogP contribution < -0.4 is 0 Å². The first-order valence-electron chi connectivity index (χ1n) is 4.82. The van der Waals surface area contributed by atoms with Crippen molar-refractivity contribution in [3.63, 3.8) is 0 Å². The van der Waals surface area contributed by atoms with E-state index >= 15 is 0 Å². The van der Waals surface area contributed by atoms with Gasteiger partial charge in [0.1, 0.15) is 4.34 Å². The van der Waals surface area contributed by atoms with E-state index in [4.69, 9.17) is 16.3 Å². The van der Waals surface area contributed by atoms with Crippen LogP contribution in [-0.2, 0) is 4.74 Å². The van der Waals surface area contributed by atoms with Gasteiger partial charge < -0.3 is 4.74 Å². The Hall–Kier alpha value is 0.910. The average Bonchev–Trinajstić information content (AvgIpc) is 2.74. The molecule has 0 bridgehead atoms. The van der Waals surface area contributed by atoms with Crippen molar-refractivity contribution >= 4 is 54.8 Å². The van der Waals surface area contributed by atoms with Gasteiger partial charge in [-0.05, 0) is 41.8 Å². The molecule has 1 nitrogen and oxygen atoms in total. The van der Waals surface area contributed by atoms with E-state index in [1.54, 1.807) is 11.3 Å². The number of ether oxygens (including phenoxy) is 1. The Morgan fingerprint density at radius 2 is 2.33 bits per heavy atom. The Kier molecular flexibility index (Phi) is 4.16. The highest BCUT2D eigenvalue weighted by Crippen LogP contribution is 2.43. The molecule has 0 aliphatic carbocycles. The van der Waals surface area contributed by atoms with Crippen molar-refractivity contribution in [1.82, 2.24) is 0 Å². The molecule has 15 heavy (non-hydrogen) atoms. The molecule has 2 heterocycles. The maximum atomic E-state index is 6.02. The zero-order valence-electron chi connectivity index (χ0n) is 8.17. The van der Waals surface area contributed by atoms with Gasteiger partial charge in [0, 0.05) is 9.35 Å².